The summed E-state index contributed by atoms with van der Waals surface area (Å²) in [5, 5.41) is 8.82. The Morgan fingerprint density at radius 1 is 1.26 bits per heavy atom. The molecule has 1 fully saturated rings. The van der Waals surface area contributed by atoms with Gasteiger partial charge < -0.3 is 5.11 Å². The van der Waals surface area contributed by atoms with Crippen LogP contribution in [0, 0.1) is 5.92 Å². The van der Waals surface area contributed by atoms with E-state index in [1.54, 1.807) is 0 Å². The van der Waals surface area contributed by atoms with E-state index in [1.165, 1.54) is 6.07 Å². The van der Waals surface area contributed by atoms with Crippen molar-refractivity contribution in [2.75, 3.05) is 19.7 Å². The third-order valence-electron chi connectivity index (χ3n) is 2.99. The molecule has 1 aromatic rings. The van der Waals surface area contributed by atoms with Crippen LogP contribution in [0.5, 0.6) is 0 Å². The minimum atomic E-state index is -4.72. The summed E-state index contributed by atoms with van der Waals surface area (Å²) in [6, 6.07) is 4.10. The fourth-order valence-electron chi connectivity index (χ4n) is 1.90. The lowest BCUT2D eigenvalue weighted by molar-refractivity contribution is -0.140. The Hall–Kier alpha value is -1.12. The first-order valence-electron chi connectivity index (χ1n) is 5.54. The molecule has 1 saturated heterocycles. The SMILES string of the molecule is O=S(=O)(c1ccccc1C(F)(F)F)N1CC(CO)C1. The summed E-state index contributed by atoms with van der Waals surface area (Å²) in [5.74, 6) is -0.201. The second-order valence-electron chi connectivity index (χ2n) is 4.36. The smallest absolute Gasteiger partial charge is 0.396 e. The number of hydrogen-bond donors (Lipinski definition) is 1. The summed E-state index contributed by atoms with van der Waals surface area (Å²) in [6.07, 6.45) is -4.72. The molecule has 1 aromatic carbocycles. The van der Waals surface area contributed by atoms with Gasteiger partial charge in [-0.05, 0) is 12.1 Å². The van der Waals surface area contributed by atoms with E-state index in [0.717, 1.165) is 22.5 Å². The van der Waals surface area contributed by atoms with Crippen molar-refractivity contribution in [1.29, 1.82) is 0 Å². The Bertz CT molecular complexity index is 565. The molecule has 1 heterocycles. The number of nitrogens with zero attached hydrogens (tertiary/aromatic N) is 1. The van der Waals surface area contributed by atoms with Gasteiger partial charge in [-0.25, -0.2) is 8.42 Å². The molecule has 1 aliphatic rings. The third kappa shape index (κ3) is 2.60. The van der Waals surface area contributed by atoms with Crippen molar-refractivity contribution in [2.24, 2.45) is 5.92 Å². The average molecular weight is 295 g/mol. The van der Waals surface area contributed by atoms with Crippen LogP contribution in [0.1, 0.15) is 5.56 Å². The van der Waals surface area contributed by atoms with E-state index in [9.17, 15) is 21.6 Å². The molecule has 19 heavy (non-hydrogen) atoms. The van der Waals surface area contributed by atoms with E-state index >= 15 is 0 Å². The molecule has 0 aliphatic carbocycles. The minimum Gasteiger partial charge on any atom is -0.396 e. The molecule has 4 nitrogen and oxygen atoms in total. The predicted molar refractivity (Wildman–Crippen MR) is 60.8 cm³/mol. The summed E-state index contributed by atoms with van der Waals surface area (Å²) in [4.78, 5) is -0.737. The van der Waals surface area contributed by atoms with Crippen LogP contribution in [-0.4, -0.2) is 37.5 Å². The molecule has 0 bridgehead atoms. The lowest BCUT2D eigenvalue weighted by atomic mass is 10.1. The first-order chi connectivity index (χ1) is 8.76. The number of aliphatic hydroxyl groups excluding tert-OH is 1. The van der Waals surface area contributed by atoms with Crippen LogP contribution in [0.2, 0.25) is 0 Å². The normalized spacial score (nSPS) is 18.3. The molecule has 0 radical (unpaired) electrons. The first kappa shape index (κ1) is 14.3. The van der Waals surface area contributed by atoms with E-state index in [2.05, 4.69) is 0 Å². The minimum absolute atomic E-state index is 0.0467. The van der Waals surface area contributed by atoms with Crippen LogP contribution in [0.3, 0.4) is 0 Å². The van der Waals surface area contributed by atoms with Crippen LogP contribution in [0.25, 0.3) is 0 Å². The van der Waals surface area contributed by atoms with Crippen LogP contribution >= 0.6 is 0 Å². The maximum Gasteiger partial charge on any atom is 0.417 e. The maximum atomic E-state index is 12.8. The molecule has 106 valence electrons. The average Bonchev–Trinajstić information content (AvgIpc) is 2.26. The van der Waals surface area contributed by atoms with Crippen LogP contribution in [0.15, 0.2) is 29.2 Å². The van der Waals surface area contributed by atoms with Gasteiger partial charge in [-0.15, -0.1) is 0 Å². The fraction of sp³-hybridized carbons (Fsp3) is 0.455. The van der Waals surface area contributed by atoms with Gasteiger partial charge in [0.15, 0.2) is 0 Å². The molecule has 1 N–H and O–H groups in total. The Morgan fingerprint density at radius 2 is 1.84 bits per heavy atom. The molecule has 1 aliphatic heterocycles. The van der Waals surface area contributed by atoms with Gasteiger partial charge in [-0.3, -0.25) is 0 Å². The number of benzene rings is 1. The Balaban J connectivity index is 2.37. The van der Waals surface area contributed by atoms with Crippen molar-refractivity contribution in [3.63, 3.8) is 0 Å². The lowest BCUT2D eigenvalue weighted by Crippen LogP contribution is -2.51. The highest BCUT2D eigenvalue weighted by Gasteiger charge is 2.42. The molecular weight excluding hydrogens is 283 g/mol. The zero-order valence-corrected chi connectivity index (χ0v) is 10.6. The number of aliphatic hydroxyl groups is 1. The molecule has 0 atom stereocenters. The highest BCUT2D eigenvalue weighted by molar-refractivity contribution is 7.89. The van der Waals surface area contributed by atoms with Crippen molar-refractivity contribution in [3.8, 4) is 0 Å². The first-order valence-corrected chi connectivity index (χ1v) is 6.98. The molecule has 0 spiro atoms. The van der Waals surface area contributed by atoms with Crippen molar-refractivity contribution >= 4 is 10.0 Å². The second kappa shape index (κ2) is 4.77. The van der Waals surface area contributed by atoms with Crippen molar-refractivity contribution in [2.45, 2.75) is 11.1 Å². The molecule has 0 amide bonds. The molecule has 2 rings (SSSR count). The monoisotopic (exact) mass is 295 g/mol. The van der Waals surface area contributed by atoms with E-state index in [1.807, 2.05) is 0 Å². The summed E-state index contributed by atoms with van der Waals surface area (Å²) in [7, 11) is -4.16. The summed E-state index contributed by atoms with van der Waals surface area (Å²) in [6.45, 7) is -0.0804. The summed E-state index contributed by atoms with van der Waals surface area (Å²) >= 11 is 0. The number of sulfonamides is 1. The maximum absolute atomic E-state index is 12.8. The standard InChI is InChI=1S/C11H12F3NO3S/c12-11(13,14)9-3-1-2-4-10(9)19(17,18)15-5-8(6-15)7-16/h1-4,8,16H,5-7H2. The van der Waals surface area contributed by atoms with Gasteiger partial charge >= 0.3 is 6.18 Å². The zero-order valence-electron chi connectivity index (χ0n) is 9.76. The second-order valence-corrected chi connectivity index (χ2v) is 6.27. The van der Waals surface area contributed by atoms with Crippen LogP contribution in [-0.2, 0) is 16.2 Å². The number of alkyl halides is 3. The van der Waals surface area contributed by atoms with Gasteiger partial charge in [0, 0.05) is 25.6 Å². The van der Waals surface area contributed by atoms with Crippen LogP contribution < -0.4 is 0 Å². The number of halogens is 3. The van der Waals surface area contributed by atoms with E-state index in [-0.39, 0.29) is 25.6 Å². The number of hydrogen-bond acceptors (Lipinski definition) is 3. The van der Waals surface area contributed by atoms with Gasteiger partial charge in [0.25, 0.3) is 0 Å². The van der Waals surface area contributed by atoms with E-state index in [4.69, 9.17) is 5.11 Å². The van der Waals surface area contributed by atoms with Crippen LogP contribution in [0.4, 0.5) is 13.2 Å². The third-order valence-corrected chi connectivity index (χ3v) is 4.88. The van der Waals surface area contributed by atoms with E-state index < -0.39 is 26.7 Å². The molecule has 0 unspecified atom stereocenters. The van der Waals surface area contributed by atoms with Crippen molar-refractivity contribution in [3.05, 3.63) is 29.8 Å². The number of rotatable bonds is 3. The highest BCUT2D eigenvalue weighted by atomic mass is 32.2. The van der Waals surface area contributed by atoms with E-state index in [0.29, 0.717) is 0 Å². The largest absolute Gasteiger partial charge is 0.417 e. The van der Waals surface area contributed by atoms with Gasteiger partial charge in [-0.2, -0.15) is 17.5 Å². The fourth-order valence-corrected chi connectivity index (χ4v) is 3.70. The Morgan fingerprint density at radius 3 is 2.37 bits per heavy atom. The molecule has 0 aromatic heterocycles. The topological polar surface area (TPSA) is 57.6 Å². The van der Waals surface area contributed by atoms with Gasteiger partial charge in [0.2, 0.25) is 10.0 Å². The summed E-state index contributed by atoms with van der Waals surface area (Å²) in [5.41, 5.74) is -1.16. The van der Waals surface area contributed by atoms with Crippen molar-refractivity contribution < 1.29 is 26.7 Å². The molecule has 0 saturated carbocycles. The molecular formula is C11H12F3NO3S. The van der Waals surface area contributed by atoms with Crippen molar-refractivity contribution in [1.82, 2.24) is 4.31 Å². The lowest BCUT2D eigenvalue weighted by Gasteiger charge is -2.37. The Labute approximate surface area is 108 Å². The van der Waals surface area contributed by atoms with Gasteiger partial charge in [0.05, 0.1) is 10.5 Å². The molecule has 8 heteroatoms. The zero-order chi connectivity index (χ0) is 14.3. The van der Waals surface area contributed by atoms with Gasteiger partial charge in [-0.1, -0.05) is 12.1 Å². The van der Waals surface area contributed by atoms with Gasteiger partial charge in [0.1, 0.15) is 0 Å². The highest BCUT2D eigenvalue weighted by Crippen LogP contribution is 2.36. The summed E-state index contributed by atoms with van der Waals surface area (Å²) < 4.78 is 63.5. The quantitative estimate of drug-likeness (QED) is 0.915. The Kier molecular flexibility index (Phi) is 3.59. The predicted octanol–water partition coefficient (Wildman–Crippen LogP) is 1.32.